The van der Waals surface area contributed by atoms with Crippen LogP contribution in [0.15, 0.2) is 24.3 Å². The molecule has 1 heterocycles. The fourth-order valence-corrected chi connectivity index (χ4v) is 2.76. The predicted molar refractivity (Wildman–Crippen MR) is 81.3 cm³/mol. The van der Waals surface area contributed by atoms with Gasteiger partial charge >= 0.3 is 0 Å². The molecule has 1 N–H and O–H groups in total. The summed E-state index contributed by atoms with van der Waals surface area (Å²) < 4.78 is 0. The minimum atomic E-state index is -1.66. The van der Waals surface area contributed by atoms with Crippen molar-refractivity contribution in [3.8, 4) is 11.5 Å². The van der Waals surface area contributed by atoms with Gasteiger partial charge in [-0.25, -0.2) is 10.0 Å². The number of amides is 1. The fourth-order valence-electron chi connectivity index (χ4n) is 2.21. The molecule has 0 spiro atoms. The van der Waals surface area contributed by atoms with E-state index in [-0.39, 0.29) is 5.91 Å². The third-order valence-electron chi connectivity index (χ3n) is 3.04. The van der Waals surface area contributed by atoms with Gasteiger partial charge < -0.3 is 5.11 Å². The van der Waals surface area contributed by atoms with E-state index in [2.05, 4.69) is 31.1 Å². The Hall–Kier alpha value is -1.61. The Labute approximate surface area is 121 Å². The fraction of sp³-hybridized carbons (Fsp3) is 0.400. The van der Waals surface area contributed by atoms with Crippen molar-refractivity contribution in [1.29, 1.82) is 0 Å². The van der Waals surface area contributed by atoms with Crippen LogP contribution in [0, 0.1) is 11.5 Å². The molecule has 1 aromatic carbocycles. The highest BCUT2D eigenvalue weighted by atomic mass is 28.3. The van der Waals surface area contributed by atoms with E-state index in [0.717, 1.165) is 0 Å². The molecule has 4 nitrogen and oxygen atoms in total. The molecule has 2 rings (SSSR count). The first-order valence-corrected chi connectivity index (χ1v) is 10.0. The zero-order valence-electron chi connectivity index (χ0n) is 12.6. The summed E-state index contributed by atoms with van der Waals surface area (Å²) in [7, 11) is 1.80. The highest BCUT2D eigenvalue weighted by Crippen LogP contribution is 2.37. The maximum Gasteiger partial charge on any atom is 0.272 e. The van der Waals surface area contributed by atoms with Crippen molar-refractivity contribution in [3.63, 3.8) is 0 Å². The highest BCUT2D eigenvalue weighted by Gasteiger charge is 2.49. The number of hydrogen-bond donors (Lipinski definition) is 1. The lowest BCUT2D eigenvalue weighted by molar-refractivity contribution is -0.125. The van der Waals surface area contributed by atoms with E-state index < -0.39 is 13.8 Å². The molecule has 1 aliphatic heterocycles. The summed E-state index contributed by atoms with van der Waals surface area (Å²) in [5.41, 5.74) is 2.66. The van der Waals surface area contributed by atoms with Crippen LogP contribution in [0.1, 0.15) is 15.9 Å². The summed E-state index contributed by atoms with van der Waals surface area (Å²) in [6.07, 6.45) is 0. The summed E-state index contributed by atoms with van der Waals surface area (Å²) in [5.74, 6) is 2.72. The number of hydrazine groups is 1. The Kier molecular flexibility index (Phi) is 3.50. The van der Waals surface area contributed by atoms with Crippen molar-refractivity contribution in [2.75, 3.05) is 14.1 Å². The summed E-state index contributed by atoms with van der Waals surface area (Å²) in [5, 5.41) is 13.9. The Morgan fingerprint density at radius 2 is 1.85 bits per heavy atom. The van der Waals surface area contributed by atoms with E-state index in [9.17, 15) is 9.90 Å². The number of hydrogen-bond acceptors (Lipinski definition) is 3. The largest absolute Gasteiger partial charge is 0.356 e. The minimum Gasteiger partial charge on any atom is -0.356 e. The lowest BCUT2D eigenvalue weighted by Crippen LogP contribution is -2.50. The molecular formula is C15H20N2O2Si. The SMILES string of the molecule is CN(C)N1C(=O)c2ccccc2C1(O)C#C[Si](C)(C)C. The van der Waals surface area contributed by atoms with Crippen LogP contribution in [0.25, 0.3) is 0 Å². The van der Waals surface area contributed by atoms with Gasteiger partial charge in [0.05, 0.1) is 5.56 Å². The predicted octanol–water partition coefficient (Wildman–Crippen LogP) is 1.64. The van der Waals surface area contributed by atoms with Crippen LogP contribution in [-0.2, 0) is 5.72 Å². The van der Waals surface area contributed by atoms with E-state index in [1.807, 2.05) is 6.07 Å². The van der Waals surface area contributed by atoms with Crippen LogP contribution in [0.5, 0.6) is 0 Å². The molecule has 0 aromatic heterocycles. The molecule has 1 unspecified atom stereocenters. The third kappa shape index (κ3) is 2.38. The van der Waals surface area contributed by atoms with E-state index in [1.54, 1.807) is 37.3 Å². The first-order valence-electron chi connectivity index (χ1n) is 6.55. The Morgan fingerprint density at radius 1 is 1.25 bits per heavy atom. The maximum atomic E-state index is 12.4. The molecule has 0 bridgehead atoms. The average Bonchev–Trinajstić information content (AvgIpc) is 2.57. The molecule has 20 heavy (non-hydrogen) atoms. The molecule has 106 valence electrons. The van der Waals surface area contributed by atoms with Gasteiger partial charge in [-0.15, -0.1) is 5.54 Å². The van der Waals surface area contributed by atoms with Gasteiger partial charge in [-0.05, 0) is 12.0 Å². The van der Waals surface area contributed by atoms with Crippen molar-refractivity contribution in [3.05, 3.63) is 35.4 Å². The molecule has 1 aliphatic rings. The molecule has 0 saturated heterocycles. The molecule has 1 amide bonds. The van der Waals surface area contributed by atoms with Crippen LogP contribution in [0.3, 0.4) is 0 Å². The summed E-state index contributed by atoms with van der Waals surface area (Å²) in [6.45, 7) is 6.31. The molecule has 1 aromatic rings. The quantitative estimate of drug-likeness (QED) is 0.631. The number of rotatable bonds is 1. The molecule has 0 aliphatic carbocycles. The van der Waals surface area contributed by atoms with Gasteiger partial charge in [0.2, 0.25) is 5.72 Å². The smallest absolute Gasteiger partial charge is 0.272 e. The highest BCUT2D eigenvalue weighted by molar-refractivity contribution is 6.83. The Balaban J connectivity index is 2.63. The number of carbonyl (C=O) groups is 1. The lowest BCUT2D eigenvalue weighted by Gasteiger charge is -2.34. The van der Waals surface area contributed by atoms with Crippen molar-refractivity contribution >= 4 is 14.0 Å². The number of nitrogens with zero attached hydrogens (tertiary/aromatic N) is 2. The van der Waals surface area contributed by atoms with Gasteiger partial charge in [-0.1, -0.05) is 37.8 Å². The van der Waals surface area contributed by atoms with Crippen molar-refractivity contribution < 1.29 is 9.90 Å². The summed E-state index contributed by atoms with van der Waals surface area (Å²) in [4.78, 5) is 12.4. The number of aliphatic hydroxyl groups is 1. The second-order valence-electron chi connectivity index (χ2n) is 6.18. The zero-order chi connectivity index (χ0) is 15.1. The summed E-state index contributed by atoms with van der Waals surface area (Å²) in [6, 6.07) is 7.09. The minimum absolute atomic E-state index is 0.224. The number of benzene rings is 1. The molecule has 0 saturated carbocycles. The normalized spacial score (nSPS) is 21.8. The molecule has 0 radical (unpaired) electrons. The van der Waals surface area contributed by atoms with Crippen LogP contribution < -0.4 is 0 Å². The molecular weight excluding hydrogens is 268 g/mol. The summed E-state index contributed by atoms with van der Waals surface area (Å²) >= 11 is 0. The van der Waals surface area contributed by atoms with Gasteiger partial charge in [0.1, 0.15) is 8.07 Å². The van der Waals surface area contributed by atoms with Crippen molar-refractivity contribution in [1.82, 2.24) is 10.0 Å². The van der Waals surface area contributed by atoms with Gasteiger partial charge in [-0.3, -0.25) is 4.79 Å². The Bertz CT molecular complexity index is 610. The number of carbonyl (C=O) groups excluding carboxylic acids is 1. The molecule has 5 heteroatoms. The first-order chi connectivity index (χ1) is 9.17. The second kappa shape index (κ2) is 4.74. The van der Waals surface area contributed by atoms with Crippen LogP contribution in [0.2, 0.25) is 19.6 Å². The van der Waals surface area contributed by atoms with Crippen LogP contribution >= 0.6 is 0 Å². The topological polar surface area (TPSA) is 43.8 Å². The molecule has 0 fully saturated rings. The van der Waals surface area contributed by atoms with E-state index >= 15 is 0 Å². The lowest BCUT2D eigenvalue weighted by atomic mass is 10.0. The van der Waals surface area contributed by atoms with Gasteiger partial charge in [-0.2, -0.15) is 0 Å². The van der Waals surface area contributed by atoms with E-state index in [0.29, 0.717) is 11.1 Å². The van der Waals surface area contributed by atoms with Crippen molar-refractivity contribution in [2.45, 2.75) is 25.4 Å². The van der Waals surface area contributed by atoms with Crippen molar-refractivity contribution in [2.24, 2.45) is 0 Å². The van der Waals surface area contributed by atoms with Gasteiger partial charge in [0.25, 0.3) is 5.91 Å². The van der Waals surface area contributed by atoms with E-state index in [1.165, 1.54) is 5.01 Å². The van der Waals surface area contributed by atoms with E-state index in [4.69, 9.17) is 0 Å². The monoisotopic (exact) mass is 288 g/mol. The molecule has 1 atom stereocenters. The number of fused-ring (bicyclic) bond motifs is 1. The second-order valence-corrected chi connectivity index (χ2v) is 10.9. The standard InChI is InChI=1S/C15H20N2O2Si/c1-16(2)17-14(18)12-8-6-7-9-13(12)15(17,19)10-11-20(3,4)5/h6-9,19H,1-5H3. The Morgan fingerprint density at radius 3 is 2.40 bits per heavy atom. The van der Waals surface area contributed by atoms with Crippen LogP contribution in [0.4, 0.5) is 0 Å². The zero-order valence-corrected chi connectivity index (χ0v) is 13.6. The van der Waals surface area contributed by atoms with Gasteiger partial charge in [0, 0.05) is 19.7 Å². The third-order valence-corrected chi connectivity index (χ3v) is 3.92. The maximum absolute atomic E-state index is 12.4. The first kappa shape index (κ1) is 14.8. The van der Waals surface area contributed by atoms with Crippen LogP contribution in [-0.4, -0.2) is 43.2 Å². The average molecular weight is 288 g/mol. The van der Waals surface area contributed by atoms with Gasteiger partial charge in [0.15, 0.2) is 0 Å².